The molecule has 2 saturated heterocycles. The first-order valence-electron chi connectivity index (χ1n) is 6.12. The van der Waals surface area contributed by atoms with Crippen LogP contribution in [0.5, 0.6) is 0 Å². The van der Waals surface area contributed by atoms with Crippen molar-refractivity contribution in [2.24, 2.45) is 11.7 Å². The molecule has 17 heavy (non-hydrogen) atoms. The molecule has 2 amide bonds. The van der Waals surface area contributed by atoms with Gasteiger partial charge in [0, 0.05) is 19.6 Å². The number of hydrogen-bond donors (Lipinski definition) is 2. The highest BCUT2D eigenvalue weighted by atomic mass is 16.4. The number of aliphatic carboxylic acids is 1. The number of amides is 2. The monoisotopic (exact) mass is 241 g/mol. The molecule has 2 fully saturated rings. The smallest absolute Gasteiger partial charge is 0.326 e. The first-order valence-corrected chi connectivity index (χ1v) is 6.12. The topological polar surface area (TPSA) is 86.9 Å². The van der Waals surface area contributed by atoms with Gasteiger partial charge in [-0.1, -0.05) is 0 Å². The third-order valence-corrected chi connectivity index (χ3v) is 3.67. The number of nitrogens with zero attached hydrogens (tertiary/aromatic N) is 2. The van der Waals surface area contributed by atoms with E-state index in [2.05, 4.69) is 0 Å². The molecule has 96 valence electrons. The predicted molar refractivity (Wildman–Crippen MR) is 61.5 cm³/mol. The summed E-state index contributed by atoms with van der Waals surface area (Å²) in [6.45, 7) is 2.51. The van der Waals surface area contributed by atoms with E-state index in [1.807, 2.05) is 0 Å². The molecule has 6 heteroatoms. The van der Waals surface area contributed by atoms with Crippen LogP contribution in [0.4, 0.5) is 4.79 Å². The molecular formula is C11H19N3O3. The standard InChI is InChI=1S/C11H19N3O3/c12-6-8-3-5-13(7-8)11(17)14-4-1-2-9(14)10(15)16/h8-9H,1-7,12H2,(H,15,16). The SMILES string of the molecule is NCC1CCN(C(=O)N2CCCC2C(=O)O)C1. The summed E-state index contributed by atoms with van der Waals surface area (Å²) in [7, 11) is 0. The predicted octanol–water partition coefficient (Wildman–Crippen LogP) is -0.0640. The molecule has 2 atom stereocenters. The molecule has 0 radical (unpaired) electrons. The molecule has 2 aliphatic rings. The second-order valence-corrected chi connectivity index (χ2v) is 4.81. The molecule has 2 rings (SSSR count). The quantitative estimate of drug-likeness (QED) is 0.709. The minimum atomic E-state index is -0.898. The molecule has 3 N–H and O–H groups in total. The highest BCUT2D eigenvalue weighted by Gasteiger charge is 2.37. The largest absolute Gasteiger partial charge is 0.480 e. The molecule has 6 nitrogen and oxygen atoms in total. The van der Waals surface area contributed by atoms with Gasteiger partial charge in [0.1, 0.15) is 6.04 Å². The van der Waals surface area contributed by atoms with E-state index >= 15 is 0 Å². The van der Waals surface area contributed by atoms with Gasteiger partial charge in [0.05, 0.1) is 0 Å². The highest BCUT2D eigenvalue weighted by molar-refractivity contribution is 5.83. The van der Waals surface area contributed by atoms with E-state index in [1.165, 1.54) is 4.90 Å². The van der Waals surface area contributed by atoms with Crippen LogP contribution in [0.1, 0.15) is 19.3 Å². The summed E-state index contributed by atoms with van der Waals surface area (Å²) in [5.41, 5.74) is 5.58. The van der Waals surface area contributed by atoms with Crippen molar-refractivity contribution in [2.75, 3.05) is 26.2 Å². The average Bonchev–Trinajstić information content (AvgIpc) is 2.97. The summed E-state index contributed by atoms with van der Waals surface area (Å²) in [4.78, 5) is 26.4. The van der Waals surface area contributed by atoms with Crippen LogP contribution >= 0.6 is 0 Å². The van der Waals surface area contributed by atoms with Crippen LogP contribution in [-0.4, -0.2) is 59.1 Å². The number of carboxylic acid groups (broad SMARTS) is 1. The number of nitrogens with two attached hydrogens (primary N) is 1. The van der Waals surface area contributed by atoms with Crippen molar-refractivity contribution in [1.82, 2.24) is 9.80 Å². The fourth-order valence-corrected chi connectivity index (χ4v) is 2.63. The van der Waals surface area contributed by atoms with E-state index in [4.69, 9.17) is 10.8 Å². The van der Waals surface area contributed by atoms with Crippen LogP contribution in [0, 0.1) is 5.92 Å². The van der Waals surface area contributed by atoms with Gasteiger partial charge in [-0.15, -0.1) is 0 Å². The zero-order chi connectivity index (χ0) is 12.4. The second kappa shape index (κ2) is 4.91. The normalized spacial score (nSPS) is 28.8. The lowest BCUT2D eigenvalue weighted by molar-refractivity contribution is -0.141. The number of hydrogen-bond acceptors (Lipinski definition) is 3. The van der Waals surface area contributed by atoms with Crippen molar-refractivity contribution in [3.63, 3.8) is 0 Å². The van der Waals surface area contributed by atoms with E-state index < -0.39 is 12.0 Å². The molecule has 0 aliphatic carbocycles. The van der Waals surface area contributed by atoms with E-state index in [9.17, 15) is 9.59 Å². The lowest BCUT2D eigenvalue weighted by Gasteiger charge is -2.27. The number of likely N-dealkylation sites (tertiary alicyclic amines) is 2. The molecule has 0 saturated carbocycles. The molecule has 2 unspecified atom stereocenters. The molecule has 0 spiro atoms. The lowest BCUT2D eigenvalue weighted by atomic mass is 10.1. The van der Waals surface area contributed by atoms with Gasteiger partial charge < -0.3 is 20.6 Å². The van der Waals surface area contributed by atoms with Gasteiger partial charge in [-0.05, 0) is 31.7 Å². The van der Waals surface area contributed by atoms with E-state index in [0.29, 0.717) is 38.5 Å². The summed E-state index contributed by atoms with van der Waals surface area (Å²) in [6, 6.07) is -0.773. The Labute approximate surface area is 100 Å². The maximum absolute atomic E-state index is 12.2. The van der Waals surface area contributed by atoms with Gasteiger partial charge in [-0.2, -0.15) is 0 Å². The first-order chi connectivity index (χ1) is 8.13. The minimum Gasteiger partial charge on any atom is -0.480 e. The minimum absolute atomic E-state index is 0.133. The Kier molecular flexibility index (Phi) is 3.51. The number of carbonyl (C=O) groups is 2. The van der Waals surface area contributed by atoms with Gasteiger partial charge in [-0.25, -0.2) is 9.59 Å². The fourth-order valence-electron chi connectivity index (χ4n) is 2.63. The first kappa shape index (κ1) is 12.2. The summed E-state index contributed by atoms with van der Waals surface area (Å²) in [5, 5.41) is 9.04. The van der Waals surface area contributed by atoms with Crippen LogP contribution in [-0.2, 0) is 4.79 Å². The Morgan fingerprint density at radius 1 is 1.29 bits per heavy atom. The molecule has 0 aromatic carbocycles. The number of urea groups is 1. The zero-order valence-electron chi connectivity index (χ0n) is 9.84. The molecule has 0 bridgehead atoms. The summed E-state index contributed by atoms with van der Waals surface area (Å²) in [6.07, 6.45) is 2.26. The van der Waals surface area contributed by atoms with E-state index in [0.717, 1.165) is 12.8 Å². The van der Waals surface area contributed by atoms with Crippen LogP contribution in [0.15, 0.2) is 0 Å². The highest BCUT2D eigenvalue weighted by Crippen LogP contribution is 2.22. The molecular weight excluding hydrogens is 222 g/mol. The summed E-state index contributed by atoms with van der Waals surface area (Å²) >= 11 is 0. The molecule has 0 aromatic rings. The van der Waals surface area contributed by atoms with Gasteiger partial charge in [-0.3, -0.25) is 0 Å². The van der Waals surface area contributed by atoms with Crippen LogP contribution < -0.4 is 5.73 Å². The third kappa shape index (κ3) is 2.36. The number of carbonyl (C=O) groups excluding carboxylic acids is 1. The number of carboxylic acids is 1. The Balaban J connectivity index is 1.98. The molecule has 2 heterocycles. The van der Waals surface area contributed by atoms with Crippen LogP contribution in [0.25, 0.3) is 0 Å². The van der Waals surface area contributed by atoms with E-state index in [-0.39, 0.29) is 6.03 Å². The van der Waals surface area contributed by atoms with Crippen LogP contribution in [0.2, 0.25) is 0 Å². The lowest BCUT2D eigenvalue weighted by Crippen LogP contribution is -2.47. The van der Waals surface area contributed by atoms with Crippen LogP contribution in [0.3, 0.4) is 0 Å². The Morgan fingerprint density at radius 3 is 2.65 bits per heavy atom. The van der Waals surface area contributed by atoms with Crippen molar-refractivity contribution >= 4 is 12.0 Å². The van der Waals surface area contributed by atoms with Crippen molar-refractivity contribution in [1.29, 1.82) is 0 Å². The fraction of sp³-hybridized carbons (Fsp3) is 0.818. The Morgan fingerprint density at radius 2 is 2.06 bits per heavy atom. The summed E-state index contributed by atoms with van der Waals surface area (Å²) in [5.74, 6) is -0.532. The Hall–Kier alpha value is -1.30. The number of rotatable bonds is 2. The molecule has 2 aliphatic heterocycles. The zero-order valence-corrected chi connectivity index (χ0v) is 9.84. The third-order valence-electron chi connectivity index (χ3n) is 3.67. The molecule has 0 aromatic heterocycles. The average molecular weight is 241 g/mol. The van der Waals surface area contributed by atoms with Crippen molar-refractivity contribution in [2.45, 2.75) is 25.3 Å². The van der Waals surface area contributed by atoms with Gasteiger partial charge in [0.25, 0.3) is 0 Å². The van der Waals surface area contributed by atoms with E-state index in [1.54, 1.807) is 4.90 Å². The maximum Gasteiger partial charge on any atom is 0.326 e. The van der Waals surface area contributed by atoms with Crippen molar-refractivity contribution in [3.8, 4) is 0 Å². The maximum atomic E-state index is 12.2. The Bertz CT molecular complexity index is 321. The van der Waals surface area contributed by atoms with Gasteiger partial charge in [0.2, 0.25) is 0 Å². The van der Waals surface area contributed by atoms with Crippen molar-refractivity contribution < 1.29 is 14.7 Å². The van der Waals surface area contributed by atoms with Gasteiger partial charge in [0.15, 0.2) is 0 Å². The second-order valence-electron chi connectivity index (χ2n) is 4.81. The summed E-state index contributed by atoms with van der Waals surface area (Å²) < 4.78 is 0. The van der Waals surface area contributed by atoms with Gasteiger partial charge >= 0.3 is 12.0 Å². The van der Waals surface area contributed by atoms with Crippen molar-refractivity contribution in [3.05, 3.63) is 0 Å².